The highest BCUT2D eigenvalue weighted by molar-refractivity contribution is 9.10. The molecule has 1 heterocycles. The van der Waals surface area contributed by atoms with Gasteiger partial charge in [0, 0.05) is 18.8 Å². The Kier molecular flexibility index (Phi) is 4.92. The highest BCUT2D eigenvalue weighted by Crippen LogP contribution is 2.23. The average molecular weight is 386 g/mol. The Morgan fingerprint density at radius 2 is 1.95 bits per heavy atom. The average Bonchev–Trinajstić information content (AvgIpc) is 2.41. The Morgan fingerprint density at radius 1 is 1.29 bits per heavy atom. The number of anilines is 1. The van der Waals surface area contributed by atoms with Crippen LogP contribution in [0.2, 0.25) is 0 Å². The number of hydrogen-bond donors (Lipinski definition) is 2. The second-order valence-corrected chi connectivity index (χ2v) is 7.31. The molecule has 0 aliphatic carbocycles. The van der Waals surface area contributed by atoms with E-state index in [1.807, 2.05) is 0 Å². The van der Waals surface area contributed by atoms with E-state index < -0.39 is 10.0 Å². The number of halogens is 1. The fraction of sp³-hybridized carbons (Fsp3) is 0.0769. The summed E-state index contributed by atoms with van der Waals surface area (Å²) in [5, 5.41) is 0. The van der Waals surface area contributed by atoms with Gasteiger partial charge in [0.15, 0.2) is 0 Å². The fourth-order valence-electron chi connectivity index (χ4n) is 1.65. The summed E-state index contributed by atoms with van der Waals surface area (Å²) in [6.07, 6.45) is 3.47. The number of nitrogens with two attached hydrogens (primary N) is 1. The lowest BCUT2D eigenvalue weighted by Gasteiger charge is -2.09. The normalized spacial score (nSPS) is 11.1. The molecule has 0 amide bonds. The molecule has 2 aromatic rings. The molecule has 8 heteroatoms. The molecule has 0 saturated heterocycles. The summed E-state index contributed by atoms with van der Waals surface area (Å²) in [4.78, 5) is 4.41. The first-order chi connectivity index (χ1) is 9.88. The Labute approximate surface area is 136 Å². The van der Waals surface area contributed by atoms with Gasteiger partial charge in [-0.15, -0.1) is 0 Å². The Morgan fingerprint density at radius 3 is 2.52 bits per heavy atom. The molecule has 0 spiro atoms. The number of thiocarbonyl (C=S) groups is 1. The molecule has 5 nitrogen and oxygen atoms in total. The van der Waals surface area contributed by atoms with Gasteiger partial charge >= 0.3 is 0 Å². The van der Waals surface area contributed by atoms with Crippen LogP contribution in [0.5, 0.6) is 0 Å². The first-order valence-electron chi connectivity index (χ1n) is 5.88. The van der Waals surface area contributed by atoms with E-state index in [0.717, 1.165) is 5.56 Å². The first kappa shape index (κ1) is 15.9. The number of benzene rings is 1. The number of nitrogens with one attached hydrogen (secondary N) is 1. The van der Waals surface area contributed by atoms with E-state index in [1.54, 1.807) is 18.2 Å². The summed E-state index contributed by atoms with van der Waals surface area (Å²) >= 11 is 8.06. The van der Waals surface area contributed by atoms with Gasteiger partial charge in [0.05, 0.1) is 20.0 Å². The standard InChI is InChI=1S/C13H12BrN3O2S2/c14-11-8-16-6-5-12(11)17-21(18,19)10-3-1-9(2-4-10)7-13(15)20/h1-6,8H,7H2,(H2,15,20)(H,16,17). The van der Waals surface area contributed by atoms with E-state index in [2.05, 4.69) is 25.6 Å². The summed E-state index contributed by atoms with van der Waals surface area (Å²) in [7, 11) is -3.65. The van der Waals surface area contributed by atoms with Crippen molar-refractivity contribution in [2.24, 2.45) is 5.73 Å². The second kappa shape index (κ2) is 6.50. The van der Waals surface area contributed by atoms with Gasteiger partial charge in [-0.2, -0.15) is 0 Å². The predicted octanol–water partition coefficient (Wildman–Crippen LogP) is 2.47. The van der Waals surface area contributed by atoms with Crippen molar-refractivity contribution in [2.45, 2.75) is 11.3 Å². The summed E-state index contributed by atoms with van der Waals surface area (Å²) in [6.45, 7) is 0. The van der Waals surface area contributed by atoms with Crippen LogP contribution >= 0.6 is 28.1 Å². The van der Waals surface area contributed by atoms with Gasteiger partial charge in [0.1, 0.15) is 0 Å². The maximum Gasteiger partial charge on any atom is 0.261 e. The molecule has 0 atom stereocenters. The highest BCUT2D eigenvalue weighted by Gasteiger charge is 2.15. The lowest BCUT2D eigenvalue weighted by atomic mass is 10.1. The van der Waals surface area contributed by atoms with Crippen LogP contribution in [0.15, 0.2) is 52.1 Å². The number of nitrogens with zero attached hydrogens (tertiary/aromatic N) is 1. The van der Waals surface area contributed by atoms with Crippen LogP contribution < -0.4 is 10.5 Å². The summed E-state index contributed by atoms with van der Waals surface area (Å²) in [6, 6.07) is 7.99. The topological polar surface area (TPSA) is 85.1 Å². The van der Waals surface area contributed by atoms with Crippen LogP contribution in [0.4, 0.5) is 5.69 Å². The molecule has 0 unspecified atom stereocenters. The highest BCUT2D eigenvalue weighted by atomic mass is 79.9. The van der Waals surface area contributed by atoms with Crippen molar-refractivity contribution in [3.8, 4) is 0 Å². The molecule has 0 saturated carbocycles. The minimum atomic E-state index is -3.65. The molecule has 0 bridgehead atoms. The van der Waals surface area contributed by atoms with Gasteiger partial charge in [0.2, 0.25) is 0 Å². The maximum atomic E-state index is 12.3. The second-order valence-electron chi connectivity index (χ2n) is 4.25. The fourth-order valence-corrected chi connectivity index (χ4v) is 3.38. The summed E-state index contributed by atoms with van der Waals surface area (Å²) in [5.74, 6) is 0. The Hall–Kier alpha value is -1.51. The van der Waals surface area contributed by atoms with Crippen LogP contribution in [0.1, 0.15) is 5.56 Å². The molecule has 0 radical (unpaired) electrons. The molecule has 1 aromatic heterocycles. The van der Waals surface area contributed by atoms with E-state index in [1.165, 1.54) is 24.5 Å². The molecule has 0 aliphatic heterocycles. The van der Waals surface area contributed by atoms with E-state index in [0.29, 0.717) is 21.6 Å². The number of pyridine rings is 1. The third kappa shape index (κ3) is 4.23. The summed E-state index contributed by atoms with van der Waals surface area (Å²) in [5.41, 5.74) is 6.75. The van der Waals surface area contributed by atoms with E-state index in [4.69, 9.17) is 18.0 Å². The maximum absolute atomic E-state index is 12.3. The lowest BCUT2D eigenvalue weighted by molar-refractivity contribution is 0.601. The molecule has 0 aliphatic rings. The van der Waals surface area contributed by atoms with Crippen molar-refractivity contribution in [2.75, 3.05) is 4.72 Å². The zero-order valence-electron chi connectivity index (χ0n) is 10.8. The number of hydrogen-bond acceptors (Lipinski definition) is 4. The smallest absolute Gasteiger partial charge is 0.261 e. The Bertz CT molecular complexity index is 761. The summed E-state index contributed by atoms with van der Waals surface area (Å²) < 4.78 is 27.6. The quantitative estimate of drug-likeness (QED) is 0.772. The molecule has 2 rings (SSSR count). The molecule has 110 valence electrons. The third-order valence-corrected chi connectivity index (χ3v) is 4.79. The first-order valence-corrected chi connectivity index (χ1v) is 8.56. The number of rotatable bonds is 5. The molecule has 0 fully saturated rings. The molecule has 1 aromatic carbocycles. The number of sulfonamides is 1. The zero-order chi connectivity index (χ0) is 15.5. The largest absolute Gasteiger partial charge is 0.393 e. The zero-order valence-corrected chi connectivity index (χ0v) is 14.0. The van der Waals surface area contributed by atoms with Crippen molar-refractivity contribution in [1.29, 1.82) is 0 Å². The van der Waals surface area contributed by atoms with Crippen LogP contribution in [0, 0.1) is 0 Å². The van der Waals surface area contributed by atoms with Gasteiger partial charge in [-0.3, -0.25) is 9.71 Å². The van der Waals surface area contributed by atoms with Crippen molar-refractivity contribution in [1.82, 2.24) is 4.98 Å². The van der Waals surface area contributed by atoms with Crippen LogP contribution in [0.25, 0.3) is 0 Å². The molecular formula is C13H12BrN3O2S2. The SMILES string of the molecule is NC(=S)Cc1ccc(S(=O)(=O)Nc2ccncc2Br)cc1. The van der Waals surface area contributed by atoms with Gasteiger partial charge in [-0.25, -0.2) is 8.42 Å². The lowest BCUT2D eigenvalue weighted by Crippen LogP contribution is -2.14. The van der Waals surface area contributed by atoms with Crippen molar-refractivity contribution in [3.05, 3.63) is 52.8 Å². The van der Waals surface area contributed by atoms with E-state index >= 15 is 0 Å². The van der Waals surface area contributed by atoms with Gasteiger partial charge in [0.25, 0.3) is 10.0 Å². The van der Waals surface area contributed by atoms with Crippen LogP contribution in [-0.2, 0) is 16.4 Å². The van der Waals surface area contributed by atoms with Crippen LogP contribution in [0.3, 0.4) is 0 Å². The minimum absolute atomic E-state index is 0.165. The van der Waals surface area contributed by atoms with Gasteiger partial charge in [-0.05, 0) is 39.7 Å². The van der Waals surface area contributed by atoms with Gasteiger partial charge < -0.3 is 5.73 Å². The molecular weight excluding hydrogens is 374 g/mol. The van der Waals surface area contributed by atoms with Crippen molar-refractivity contribution >= 4 is 48.8 Å². The predicted molar refractivity (Wildman–Crippen MR) is 89.7 cm³/mol. The van der Waals surface area contributed by atoms with E-state index in [-0.39, 0.29) is 4.90 Å². The third-order valence-electron chi connectivity index (χ3n) is 2.63. The van der Waals surface area contributed by atoms with Crippen molar-refractivity contribution < 1.29 is 8.42 Å². The van der Waals surface area contributed by atoms with Crippen molar-refractivity contribution in [3.63, 3.8) is 0 Å². The Balaban J connectivity index is 2.24. The monoisotopic (exact) mass is 385 g/mol. The van der Waals surface area contributed by atoms with Gasteiger partial charge in [-0.1, -0.05) is 24.4 Å². The molecule has 3 N–H and O–H groups in total. The number of aromatic nitrogens is 1. The van der Waals surface area contributed by atoms with Crippen LogP contribution in [-0.4, -0.2) is 18.4 Å². The minimum Gasteiger partial charge on any atom is -0.393 e. The molecule has 21 heavy (non-hydrogen) atoms. The van der Waals surface area contributed by atoms with E-state index in [9.17, 15) is 8.42 Å².